The lowest BCUT2D eigenvalue weighted by atomic mass is 10.0. The second-order valence-corrected chi connectivity index (χ2v) is 7.51. The Morgan fingerprint density at radius 1 is 1.14 bits per heavy atom. The highest BCUT2D eigenvalue weighted by Crippen LogP contribution is 2.33. The van der Waals surface area contributed by atoms with Crippen molar-refractivity contribution in [3.63, 3.8) is 0 Å². The van der Waals surface area contributed by atoms with Gasteiger partial charge in [0.1, 0.15) is 0 Å². The van der Waals surface area contributed by atoms with Gasteiger partial charge < -0.3 is 15.0 Å². The predicted molar refractivity (Wildman–Crippen MR) is 114 cm³/mol. The summed E-state index contributed by atoms with van der Waals surface area (Å²) in [5, 5.41) is 3.51. The SMILES string of the molecule is CC(c1c(Cl)cccc1NC(=O)c1ccccc1)N(C)CC(=O)N1CCOCC1. The first-order valence-electron chi connectivity index (χ1n) is 9.68. The molecule has 1 N–H and O–H groups in total. The molecule has 0 aromatic heterocycles. The van der Waals surface area contributed by atoms with Gasteiger partial charge in [-0.05, 0) is 38.2 Å². The minimum Gasteiger partial charge on any atom is -0.378 e. The molecular weight excluding hydrogens is 390 g/mol. The highest BCUT2D eigenvalue weighted by Gasteiger charge is 2.24. The molecule has 1 heterocycles. The number of likely N-dealkylation sites (N-methyl/N-ethyl adjacent to an activating group) is 1. The maximum atomic E-state index is 12.6. The molecule has 7 heteroatoms. The number of nitrogens with zero attached hydrogens (tertiary/aromatic N) is 2. The summed E-state index contributed by atoms with van der Waals surface area (Å²) in [4.78, 5) is 29.0. The Bertz CT molecular complexity index is 854. The largest absolute Gasteiger partial charge is 0.378 e. The molecule has 2 aromatic carbocycles. The van der Waals surface area contributed by atoms with E-state index in [-0.39, 0.29) is 24.4 Å². The zero-order valence-electron chi connectivity index (χ0n) is 16.7. The molecule has 1 atom stereocenters. The summed E-state index contributed by atoms with van der Waals surface area (Å²) in [6, 6.07) is 14.3. The fourth-order valence-electron chi connectivity index (χ4n) is 3.34. The number of hydrogen-bond acceptors (Lipinski definition) is 4. The lowest BCUT2D eigenvalue weighted by molar-refractivity contribution is -0.136. The Kier molecular flexibility index (Phi) is 7.25. The third-order valence-corrected chi connectivity index (χ3v) is 5.49. The topological polar surface area (TPSA) is 61.9 Å². The molecule has 2 aromatic rings. The summed E-state index contributed by atoms with van der Waals surface area (Å²) >= 11 is 6.49. The molecule has 0 saturated carbocycles. The third-order valence-electron chi connectivity index (χ3n) is 5.16. The van der Waals surface area contributed by atoms with Crippen molar-refractivity contribution >= 4 is 29.1 Å². The van der Waals surface area contributed by atoms with Crippen molar-refractivity contribution in [3.05, 3.63) is 64.7 Å². The monoisotopic (exact) mass is 415 g/mol. The fourth-order valence-corrected chi connectivity index (χ4v) is 3.67. The molecule has 1 saturated heterocycles. The fraction of sp³-hybridized carbons (Fsp3) is 0.364. The van der Waals surface area contributed by atoms with Gasteiger partial charge in [-0.25, -0.2) is 0 Å². The Balaban J connectivity index is 1.74. The van der Waals surface area contributed by atoms with Gasteiger partial charge in [-0.3, -0.25) is 14.5 Å². The van der Waals surface area contributed by atoms with E-state index in [1.807, 2.05) is 48.0 Å². The minimum atomic E-state index is -0.201. The first kappa shape index (κ1) is 21.3. The molecule has 154 valence electrons. The summed E-state index contributed by atoms with van der Waals surface area (Å²) in [5.74, 6) is -0.141. The molecule has 1 aliphatic heterocycles. The Hall–Kier alpha value is -2.41. The molecule has 0 radical (unpaired) electrons. The maximum absolute atomic E-state index is 12.6. The standard InChI is InChI=1S/C22H26ClN3O3/c1-16(25(2)15-20(27)26-11-13-29-14-12-26)21-18(23)9-6-10-19(21)24-22(28)17-7-4-3-5-8-17/h3-10,16H,11-15H2,1-2H3,(H,24,28). The van der Waals surface area contributed by atoms with Crippen LogP contribution < -0.4 is 5.32 Å². The van der Waals surface area contributed by atoms with E-state index in [2.05, 4.69) is 5.32 Å². The van der Waals surface area contributed by atoms with Crippen LogP contribution in [0.2, 0.25) is 5.02 Å². The van der Waals surface area contributed by atoms with Gasteiger partial charge in [0.15, 0.2) is 0 Å². The van der Waals surface area contributed by atoms with Crippen LogP contribution in [0.25, 0.3) is 0 Å². The van der Waals surface area contributed by atoms with Gasteiger partial charge in [0.25, 0.3) is 5.91 Å². The average Bonchev–Trinajstić information content (AvgIpc) is 2.74. The van der Waals surface area contributed by atoms with Crippen molar-refractivity contribution in [2.45, 2.75) is 13.0 Å². The van der Waals surface area contributed by atoms with E-state index in [1.54, 1.807) is 24.3 Å². The van der Waals surface area contributed by atoms with Crippen LogP contribution in [0.1, 0.15) is 28.9 Å². The average molecular weight is 416 g/mol. The molecule has 3 rings (SSSR count). The van der Waals surface area contributed by atoms with E-state index in [4.69, 9.17) is 16.3 Å². The third kappa shape index (κ3) is 5.35. The molecular formula is C22H26ClN3O3. The van der Waals surface area contributed by atoms with Crippen molar-refractivity contribution in [2.24, 2.45) is 0 Å². The van der Waals surface area contributed by atoms with Gasteiger partial charge in [0.2, 0.25) is 5.91 Å². The van der Waals surface area contributed by atoms with Gasteiger partial charge in [-0.1, -0.05) is 35.9 Å². The smallest absolute Gasteiger partial charge is 0.255 e. The number of carbonyl (C=O) groups is 2. The van der Waals surface area contributed by atoms with Crippen LogP contribution in [-0.2, 0) is 9.53 Å². The number of anilines is 1. The minimum absolute atomic E-state index is 0.0598. The molecule has 29 heavy (non-hydrogen) atoms. The number of ether oxygens (including phenoxy) is 1. The number of benzene rings is 2. The van der Waals surface area contributed by atoms with Crippen LogP contribution >= 0.6 is 11.6 Å². The molecule has 1 aliphatic rings. The lowest BCUT2D eigenvalue weighted by Gasteiger charge is -2.31. The predicted octanol–water partition coefficient (Wildman–Crippen LogP) is 3.44. The summed E-state index contributed by atoms with van der Waals surface area (Å²) in [6.07, 6.45) is 0. The Labute approximate surface area is 176 Å². The zero-order chi connectivity index (χ0) is 20.8. The molecule has 6 nitrogen and oxygen atoms in total. The summed E-state index contributed by atoms with van der Waals surface area (Å²) in [5.41, 5.74) is 2.00. The van der Waals surface area contributed by atoms with Crippen molar-refractivity contribution in [2.75, 3.05) is 45.2 Å². The van der Waals surface area contributed by atoms with Crippen molar-refractivity contribution in [1.82, 2.24) is 9.80 Å². The van der Waals surface area contributed by atoms with Gasteiger partial charge in [-0.2, -0.15) is 0 Å². The number of halogens is 1. The molecule has 2 amide bonds. The van der Waals surface area contributed by atoms with E-state index < -0.39 is 0 Å². The van der Waals surface area contributed by atoms with Gasteiger partial charge >= 0.3 is 0 Å². The highest BCUT2D eigenvalue weighted by atomic mass is 35.5. The van der Waals surface area contributed by atoms with E-state index >= 15 is 0 Å². The second kappa shape index (κ2) is 9.87. The second-order valence-electron chi connectivity index (χ2n) is 7.11. The Morgan fingerprint density at radius 2 is 1.83 bits per heavy atom. The van der Waals surface area contributed by atoms with Crippen molar-refractivity contribution in [3.8, 4) is 0 Å². The summed E-state index contributed by atoms with van der Waals surface area (Å²) < 4.78 is 5.31. The number of carbonyl (C=O) groups excluding carboxylic acids is 2. The quantitative estimate of drug-likeness (QED) is 0.785. The number of hydrogen-bond donors (Lipinski definition) is 1. The normalized spacial score (nSPS) is 15.2. The molecule has 1 fully saturated rings. The first-order valence-corrected chi connectivity index (χ1v) is 10.1. The lowest BCUT2D eigenvalue weighted by Crippen LogP contribution is -2.45. The van der Waals surface area contributed by atoms with Crippen molar-refractivity contribution < 1.29 is 14.3 Å². The van der Waals surface area contributed by atoms with Gasteiger partial charge in [0, 0.05) is 41.0 Å². The van der Waals surface area contributed by atoms with Gasteiger partial charge in [0.05, 0.1) is 19.8 Å². The van der Waals surface area contributed by atoms with E-state index in [0.29, 0.717) is 42.6 Å². The Morgan fingerprint density at radius 3 is 2.52 bits per heavy atom. The molecule has 0 bridgehead atoms. The first-order chi connectivity index (χ1) is 14.0. The van der Waals surface area contributed by atoms with Crippen LogP contribution in [-0.4, -0.2) is 61.5 Å². The molecule has 0 spiro atoms. The summed E-state index contributed by atoms with van der Waals surface area (Å²) in [7, 11) is 1.88. The van der Waals surface area contributed by atoms with Gasteiger partial charge in [-0.15, -0.1) is 0 Å². The van der Waals surface area contributed by atoms with E-state index in [9.17, 15) is 9.59 Å². The van der Waals surface area contributed by atoms with E-state index in [1.165, 1.54) is 0 Å². The van der Waals surface area contributed by atoms with Crippen molar-refractivity contribution in [1.29, 1.82) is 0 Å². The molecule has 1 unspecified atom stereocenters. The number of rotatable bonds is 6. The van der Waals surface area contributed by atoms with Crippen LogP contribution in [0.3, 0.4) is 0 Å². The summed E-state index contributed by atoms with van der Waals surface area (Å²) in [6.45, 7) is 4.62. The van der Waals surface area contributed by atoms with E-state index in [0.717, 1.165) is 5.56 Å². The number of morpholine rings is 1. The zero-order valence-corrected chi connectivity index (χ0v) is 17.5. The highest BCUT2D eigenvalue weighted by molar-refractivity contribution is 6.32. The maximum Gasteiger partial charge on any atom is 0.255 e. The van der Waals surface area contributed by atoms with Crippen LogP contribution in [0.4, 0.5) is 5.69 Å². The van der Waals surface area contributed by atoms with Crippen LogP contribution in [0.5, 0.6) is 0 Å². The van der Waals surface area contributed by atoms with Crippen LogP contribution in [0, 0.1) is 0 Å². The number of nitrogens with one attached hydrogen (secondary N) is 1. The molecule has 0 aliphatic carbocycles. The number of amides is 2. The van der Waals surface area contributed by atoms with Crippen LogP contribution in [0.15, 0.2) is 48.5 Å².